The molecule has 13 heteroatoms. The van der Waals surface area contributed by atoms with Gasteiger partial charge in [0.1, 0.15) is 11.5 Å². The van der Waals surface area contributed by atoms with Crippen LogP contribution in [0.3, 0.4) is 0 Å². The summed E-state index contributed by atoms with van der Waals surface area (Å²) in [5.74, 6) is 0.551. The van der Waals surface area contributed by atoms with E-state index in [1.807, 2.05) is 20.8 Å². The van der Waals surface area contributed by atoms with Gasteiger partial charge in [0.15, 0.2) is 0 Å². The molecule has 0 aliphatic carbocycles. The third kappa shape index (κ3) is 5.06. The van der Waals surface area contributed by atoms with Crippen LogP contribution in [0.15, 0.2) is 42.9 Å². The van der Waals surface area contributed by atoms with Gasteiger partial charge in [0, 0.05) is 37.2 Å². The van der Waals surface area contributed by atoms with Crippen molar-refractivity contribution < 1.29 is 18.0 Å². The zero-order valence-corrected chi connectivity index (χ0v) is 21.7. The first-order chi connectivity index (χ1) is 17.7. The van der Waals surface area contributed by atoms with Gasteiger partial charge >= 0.3 is 12.2 Å². The van der Waals surface area contributed by atoms with Crippen molar-refractivity contribution in [3.63, 3.8) is 0 Å². The monoisotopic (exact) mass is 519 g/mol. The van der Waals surface area contributed by atoms with Crippen LogP contribution in [0, 0.1) is 12.8 Å². The van der Waals surface area contributed by atoms with E-state index in [-0.39, 0.29) is 23.9 Å². The maximum absolute atomic E-state index is 13.1. The van der Waals surface area contributed by atoms with E-state index in [1.165, 1.54) is 28.3 Å². The largest absolute Gasteiger partial charge is 0.433 e. The van der Waals surface area contributed by atoms with Crippen molar-refractivity contribution in [1.29, 1.82) is 0 Å². The number of likely N-dealkylation sites (N-methyl/N-ethyl adjacent to an activating group) is 1. The summed E-state index contributed by atoms with van der Waals surface area (Å²) in [7, 11) is 14.1. The lowest BCUT2D eigenvalue weighted by molar-refractivity contribution is -0.141. The van der Waals surface area contributed by atoms with E-state index in [2.05, 4.69) is 25.3 Å². The molecule has 194 valence electrons. The summed E-state index contributed by atoms with van der Waals surface area (Å²) in [5.41, 5.74) is 1.34. The molecular weight excluding hydrogens is 493 g/mol. The minimum absolute atomic E-state index is 0.0532. The van der Waals surface area contributed by atoms with Crippen LogP contribution < -0.4 is 10.2 Å². The fourth-order valence-corrected chi connectivity index (χ4v) is 4.61. The average molecular weight is 519 g/mol. The van der Waals surface area contributed by atoms with Crippen LogP contribution in [-0.4, -0.2) is 65.0 Å². The van der Waals surface area contributed by atoms with Gasteiger partial charge < -0.3 is 10.2 Å². The molecule has 1 aliphatic rings. The summed E-state index contributed by atoms with van der Waals surface area (Å²) < 4.78 is 39.3. The number of pyridine rings is 2. The number of carbonyl (C=O) groups excluding carboxylic acids is 1. The number of rotatable bonds is 6. The SMILES string of the molecule is [B]C1([B])C(C(C)C)N(c2ccnc(N[C@@H](C)c3cc(C)c(-c4ccnc(C(F)(F)F)c4)cn3)n2)C(=O)N1C. The zero-order valence-electron chi connectivity index (χ0n) is 21.7. The Bertz CT molecular complexity index is 1350. The predicted octanol–water partition coefficient (Wildman–Crippen LogP) is 4.32. The highest BCUT2D eigenvalue weighted by Crippen LogP contribution is 2.36. The van der Waals surface area contributed by atoms with E-state index >= 15 is 0 Å². The molecule has 0 bridgehead atoms. The van der Waals surface area contributed by atoms with Gasteiger partial charge in [0.25, 0.3) is 0 Å². The Kier molecular flexibility index (Phi) is 7.15. The van der Waals surface area contributed by atoms with Crippen LogP contribution in [0.1, 0.15) is 43.8 Å². The fourth-order valence-electron chi connectivity index (χ4n) is 4.61. The van der Waals surface area contributed by atoms with Crippen molar-refractivity contribution in [2.45, 2.75) is 51.3 Å². The number of halogens is 3. The second kappa shape index (κ2) is 9.92. The lowest BCUT2D eigenvalue weighted by Crippen LogP contribution is -2.54. The number of hydrogen-bond acceptors (Lipinski definition) is 6. The van der Waals surface area contributed by atoms with Crippen LogP contribution in [0.5, 0.6) is 0 Å². The Morgan fingerprint density at radius 2 is 1.76 bits per heavy atom. The third-order valence-corrected chi connectivity index (χ3v) is 6.63. The molecule has 1 saturated heterocycles. The molecule has 3 aromatic rings. The number of amides is 2. The lowest BCUT2D eigenvalue weighted by Gasteiger charge is -2.37. The molecule has 4 radical (unpaired) electrons. The highest BCUT2D eigenvalue weighted by Gasteiger charge is 2.50. The average Bonchev–Trinajstić information content (AvgIpc) is 3.03. The van der Waals surface area contributed by atoms with E-state index in [4.69, 9.17) is 15.7 Å². The zero-order chi connectivity index (χ0) is 28.0. The molecule has 0 spiro atoms. The first-order valence-corrected chi connectivity index (χ1v) is 12.0. The Labute approximate surface area is 221 Å². The molecule has 4 heterocycles. The molecule has 2 amide bonds. The molecule has 1 fully saturated rings. The quantitative estimate of drug-likeness (QED) is 0.489. The van der Waals surface area contributed by atoms with E-state index in [9.17, 15) is 18.0 Å². The molecule has 1 unspecified atom stereocenters. The van der Waals surface area contributed by atoms with Crippen LogP contribution >= 0.6 is 0 Å². The summed E-state index contributed by atoms with van der Waals surface area (Å²) in [6.45, 7) is 7.50. The number of carbonyl (C=O) groups is 1. The van der Waals surface area contributed by atoms with Crippen molar-refractivity contribution in [3.8, 4) is 11.1 Å². The highest BCUT2D eigenvalue weighted by atomic mass is 19.4. The van der Waals surface area contributed by atoms with Gasteiger partial charge in [-0.05, 0) is 60.5 Å². The van der Waals surface area contributed by atoms with Crippen LogP contribution in [-0.2, 0) is 6.18 Å². The number of aromatic nitrogens is 4. The third-order valence-electron chi connectivity index (χ3n) is 6.63. The number of aryl methyl sites for hydroxylation is 1. The molecule has 1 N–H and O–H groups in total. The summed E-state index contributed by atoms with van der Waals surface area (Å²) in [4.78, 5) is 32.4. The van der Waals surface area contributed by atoms with Crippen LogP contribution in [0.2, 0.25) is 0 Å². The second-order valence-corrected chi connectivity index (χ2v) is 9.74. The van der Waals surface area contributed by atoms with Gasteiger partial charge in [-0.15, -0.1) is 0 Å². The standard InChI is InChI=1S/C25H26B2F3N7O/c1-13(2)21-24(26,27)36(5)23(38)37(21)20-7-9-32-22(35-20)34-15(4)18-10-14(3)17(12-33-18)16-6-8-31-19(11-16)25(28,29)30/h6-13,15,21H,1-5H3,(H,32,34,35)/t15-,21?/m0/s1. The minimum atomic E-state index is -4.54. The van der Waals surface area contributed by atoms with Crippen molar-refractivity contribution in [2.24, 2.45) is 5.92 Å². The molecule has 8 nitrogen and oxygen atoms in total. The van der Waals surface area contributed by atoms with Gasteiger partial charge in [0.05, 0.1) is 27.4 Å². The lowest BCUT2D eigenvalue weighted by atomic mass is 9.55. The Morgan fingerprint density at radius 1 is 1.08 bits per heavy atom. The molecule has 3 aromatic heterocycles. The maximum atomic E-state index is 13.1. The van der Waals surface area contributed by atoms with E-state index in [0.29, 0.717) is 22.6 Å². The Morgan fingerprint density at radius 3 is 2.39 bits per heavy atom. The van der Waals surface area contributed by atoms with E-state index < -0.39 is 23.2 Å². The smallest absolute Gasteiger partial charge is 0.346 e. The first kappa shape index (κ1) is 27.4. The number of hydrogen-bond donors (Lipinski definition) is 1. The molecule has 38 heavy (non-hydrogen) atoms. The number of anilines is 2. The predicted molar refractivity (Wildman–Crippen MR) is 140 cm³/mol. The first-order valence-electron chi connectivity index (χ1n) is 12.0. The summed E-state index contributed by atoms with van der Waals surface area (Å²) >= 11 is 0. The molecule has 0 saturated carbocycles. The number of nitrogens with zero attached hydrogens (tertiary/aromatic N) is 6. The van der Waals surface area contributed by atoms with Crippen LogP contribution in [0.25, 0.3) is 11.1 Å². The summed E-state index contributed by atoms with van der Waals surface area (Å²) in [5, 5.41) is 1.79. The van der Waals surface area contributed by atoms with Gasteiger partial charge in [0.2, 0.25) is 5.95 Å². The maximum Gasteiger partial charge on any atom is 0.433 e. The summed E-state index contributed by atoms with van der Waals surface area (Å²) in [6, 6.07) is 4.66. The van der Waals surface area contributed by atoms with Gasteiger partial charge in [-0.25, -0.2) is 9.78 Å². The molecule has 1 aliphatic heterocycles. The highest BCUT2D eigenvalue weighted by molar-refractivity contribution is 6.43. The Balaban J connectivity index is 1.57. The van der Waals surface area contributed by atoms with E-state index in [1.54, 1.807) is 26.1 Å². The van der Waals surface area contributed by atoms with Gasteiger partial charge in [-0.3, -0.25) is 14.9 Å². The molecule has 0 aromatic carbocycles. The number of nitrogens with one attached hydrogen (secondary N) is 1. The molecule has 4 rings (SSSR count). The van der Waals surface area contributed by atoms with Gasteiger partial charge in [-0.1, -0.05) is 13.8 Å². The molecule has 2 atom stereocenters. The number of urea groups is 1. The molecular formula is C25H26B2F3N7O. The van der Waals surface area contributed by atoms with Crippen molar-refractivity contribution in [3.05, 3.63) is 59.8 Å². The minimum Gasteiger partial charge on any atom is -0.346 e. The topological polar surface area (TPSA) is 87.1 Å². The summed E-state index contributed by atoms with van der Waals surface area (Å²) in [6.07, 6.45) is -0.349. The van der Waals surface area contributed by atoms with Crippen molar-refractivity contribution >= 4 is 33.5 Å². The van der Waals surface area contributed by atoms with E-state index in [0.717, 1.165) is 17.8 Å². The van der Waals surface area contributed by atoms with Crippen molar-refractivity contribution in [1.82, 2.24) is 24.8 Å². The normalized spacial score (nSPS) is 18.2. The number of alkyl halides is 3. The second-order valence-electron chi connectivity index (χ2n) is 9.74. The van der Waals surface area contributed by atoms with Crippen molar-refractivity contribution in [2.75, 3.05) is 17.3 Å². The Hall–Kier alpha value is -3.63. The fraction of sp³-hybridized carbons (Fsp3) is 0.400. The van der Waals surface area contributed by atoms with Crippen LogP contribution in [0.4, 0.5) is 29.7 Å². The van der Waals surface area contributed by atoms with Gasteiger partial charge in [-0.2, -0.15) is 18.2 Å².